The van der Waals surface area contributed by atoms with Crippen LogP contribution in [0.15, 0.2) is 39.5 Å². The molecule has 3 aromatic rings. The van der Waals surface area contributed by atoms with Gasteiger partial charge in [-0.1, -0.05) is 18.2 Å². The first kappa shape index (κ1) is 14.7. The molecule has 3 rings (SSSR count). The Hall–Kier alpha value is -2.27. The van der Waals surface area contributed by atoms with Gasteiger partial charge in [0.1, 0.15) is 11.2 Å². The minimum atomic E-state index is -0.964. The van der Waals surface area contributed by atoms with E-state index in [0.717, 1.165) is 11.1 Å². The number of fused-ring (bicyclic) bond motifs is 2. The Labute approximate surface area is 131 Å². The van der Waals surface area contributed by atoms with Gasteiger partial charge >= 0.3 is 5.97 Å². The molecule has 4 nitrogen and oxygen atoms in total. The maximum absolute atomic E-state index is 12.7. The second kappa shape index (κ2) is 5.50. The molecule has 0 unspecified atom stereocenters. The Kier molecular flexibility index (Phi) is 3.66. The molecular weight excluding hydrogens is 300 g/mol. The van der Waals surface area contributed by atoms with Crippen LogP contribution in [0, 0.1) is 6.92 Å². The number of aryl methyl sites for hydroxylation is 1. The zero-order valence-corrected chi connectivity index (χ0v) is 12.8. The number of para-hydroxylation sites is 1. The summed E-state index contributed by atoms with van der Waals surface area (Å²) in [5, 5.41) is 9.92. The van der Waals surface area contributed by atoms with Gasteiger partial charge < -0.3 is 9.52 Å². The Bertz CT molecular complexity index is 956. The van der Waals surface area contributed by atoms with E-state index in [0.29, 0.717) is 33.3 Å². The highest BCUT2D eigenvalue weighted by Gasteiger charge is 2.15. The standard InChI is InChI=1S/C17H14O4S/c1-9-5-6-12-15(20)11-4-2-3-10(7-14(18)19)16(11)21-17(12)13(9)8-22/h2-6,22H,7-8H2,1H3,(H,18,19). The van der Waals surface area contributed by atoms with Crippen molar-refractivity contribution >= 4 is 40.5 Å². The molecule has 5 heteroatoms. The average Bonchev–Trinajstić information content (AvgIpc) is 2.48. The summed E-state index contributed by atoms with van der Waals surface area (Å²) in [6, 6.07) is 8.62. The normalized spacial score (nSPS) is 11.2. The summed E-state index contributed by atoms with van der Waals surface area (Å²) >= 11 is 4.31. The summed E-state index contributed by atoms with van der Waals surface area (Å²) in [5.41, 5.74) is 3.02. The summed E-state index contributed by atoms with van der Waals surface area (Å²) in [7, 11) is 0. The quantitative estimate of drug-likeness (QED) is 0.575. The highest BCUT2D eigenvalue weighted by Crippen LogP contribution is 2.27. The van der Waals surface area contributed by atoms with Crippen LogP contribution in [0.5, 0.6) is 0 Å². The van der Waals surface area contributed by atoms with Crippen molar-refractivity contribution in [3.8, 4) is 0 Å². The van der Waals surface area contributed by atoms with Crippen LogP contribution in [-0.2, 0) is 17.0 Å². The highest BCUT2D eigenvalue weighted by atomic mass is 32.1. The van der Waals surface area contributed by atoms with Gasteiger partial charge in [-0.15, -0.1) is 0 Å². The Morgan fingerprint density at radius 1 is 1.18 bits per heavy atom. The number of benzene rings is 2. The van der Waals surface area contributed by atoms with Gasteiger partial charge in [0.25, 0.3) is 0 Å². The van der Waals surface area contributed by atoms with Crippen LogP contribution in [0.3, 0.4) is 0 Å². The van der Waals surface area contributed by atoms with E-state index < -0.39 is 5.97 Å². The molecule has 22 heavy (non-hydrogen) atoms. The fourth-order valence-electron chi connectivity index (χ4n) is 2.65. The van der Waals surface area contributed by atoms with E-state index in [9.17, 15) is 9.59 Å². The monoisotopic (exact) mass is 314 g/mol. The zero-order valence-electron chi connectivity index (χ0n) is 11.9. The van der Waals surface area contributed by atoms with Crippen LogP contribution in [0.1, 0.15) is 16.7 Å². The van der Waals surface area contributed by atoms with Crippen LogP contribution < -0.4 is 5.43 Å². The average molecular weight is 314 g/mol. The summed E-state index contributed by atoms with van der Waals surface area (Å²) in [6.45, 7) is 1.93. The molecule has 0 saturated heterocycles. The topological polar surface area (TPSA) is 67.5 Å². The van der Waals surface area contributed by atoms with Crippen LogP contribution in [-0.4, -0.2) is 11.1 Å². The Balaban J connectivity index is 2.48. The number of carboxylic acids is 1. The van der Waals surface area contributed by atoms with E-state index in [1.165, 1.54) is 0 Å². The zero-order chi connectivity index (χ0) is 15.9. The van der Waals surface area contributed by atoms with Crippen LogP contribution in [0.4, 0.5) is 0 Å². The molecule has 0 bridgehead atoms. The lowest BCUT2D eigenvalue weighted by atomic mass is 10.0. The third-order valence-electron chi connectivity index (χ3n) is 3.78. The Morgan fingerprint density at radius 2 is 1.91 bits per heavy atom. The van der Waals surface area contributed by atoms with Crippen LogP contribution in [0.2, 0.25) is 0 Å². The third-order valence-corrected chi connectivity index (χ3v) is 4.10. The van der Waals surface area contributed by atoms with E-state index in [-0.39, 0.29) is 11.8 Å². The summed E-state index contributed by atoms with van der Waals surface area (Å²) in [6.07, 6.45) is -0.187. The lowest BCUT2D eigenvalue weighted by molar-refractivity contribution is -0.136. The van der Waals surface area contributed by atoms with E-state index in [2.05, 4.69) is 12.6 Å². The van der Waals surface area contributed by atoms with Gasteiger partial charge in [0.05, 0.1) is 17.2 Å². The second-order valence-corrected chi connectivity index (χ2v) is 5.51. The van der Waals surface area contributed by atoms with Crippen molar-refractivity contribution in [2.45, 2.75) is 19.1 Å². The number of carbonyl (C=O) groups is 1. The molecule has 1 heterocycles. The van der Waals surface area contributed by atoms with Gasteiger partial charge in [0.15, 0.2) is 0 Å². The van der Waals surface area contributed by atoms with E-state index in [1.54, 1.807) is 24.3 Å². The van der Waals surface area contributed by atoms with Gasteiger partial charge in [-0.05, 0) is 24.6 Å². The number of rotatable bonds is 3. The highest BCUT2D eigenvalue weighted by molar-refractivity contribution is 7.79. The fourth-order valence-corrected chi connectivity index (χ4v) is 3.04. The summed E-state index contributed by atoms with van der Waals surface area (Å²) in [5.74, 6) is -0.521. The van der Waals surface area contributed by atoms with Gasteiger partial charge in [-0.2, -0.15) is 12.6 Å². The van der Waals surface area contributed by atoms with Crippen molar-refractivity contribution in [1.82, 2.24) is 0 Å². The first-order valence-corrected chi connectivity index (χ1v) is 7.45. The molecule has 1 N–H and O–H groups in total. The van der Waals surface area contributed by atoms with Crippen molar-refractivity contribution in [2.24, 2.45) is 0 Å². The van der Waals surface area contributed by atoms with Crippen molar-refractivity contribution in [3.63, 3.8) is 0 Å². The molecule has 0 spiro atoms. The molecule has 0 amide bonds. The number of carboxylic acid groups (broad SMARTS) is 1. The van der Waals surface area contributed by atoms with Crippen molar-refractivity contribution in [3.05, 3.63) is 57.2 Å². The molecule has 0 aliphatic carbocycles. The largest absolute Gasteiger partial charge is 0.481 e. The third kappa shape index (κ3) is 2.27. The molecule has 0 aliphatic rings. The lowest BCUT2D eigenvalue weighted by Gasteiger charge is -2.10. The van der Waals surface area contributed by atoms with E-state index in [1.807, 2.05) is 13.0 Å². The second-order valence-electron chi connectivity index (χ2n) is 5.19. The molecule has 2 aromatic carbocycles. The smallest absolute Gasteiger partial charge is 0.307 e. The predicted octanol–water partition coefficient (Wildman–Crippen LogP) is 3.31. The van der Waals surface area contributed by atoms with Gasteiger partial charge in [0.2, 0.25) is 5.43 Å². The molecule has 0 radical (unpaired) electrons. The lowest BCUT2D eigenvalue weighted by Crippen LogP contribution is -2.07. The van der Waals surface area contributed by atoms with Crippen molar-refractivity contribution in [1.29, 1.82) is 0 Å². The first-order valence-electron chi connectivity index (χ1n) is 6.82. The SMILES string of the molecule is Cc1ccc2c(=O)c3cccc(CC(=O)O)c3oc2c1CS. The van der Waals surface area contributed by atoms with E-state index >= 15 is 0 Å². The first-order chi connectivity index (χ1) is 10.5. The number of hydrogen-bond acceptors (Lipinski definition) is 4. The molecule has 0 fully saturated rings. The fraction of sp³-hybridized carbons (Fsp3) is 0.176. The minimum absolute atomic E-state index is 0.147. The van der Waals surface area contributed by atoms with Gasteiger partial charge in [-0.25, -0.2) is 0 Å². The molecule has 1 aromatic heterocycles. The van der Waals surface area contributed by atoms with Crippen molar-refractivity contribution < 1.29 is 14.3 Å². The number of hydrogen-bond donors (Lipinski definition) is 2. The van der Waals surface area contributed by atoms with Crippen LogP contribution in [0.25, 0.3) is 21.9 Å². The van der Waals surface area contributed by atoms with Gasteiger partial charge in [0, 0.05) is 16.9 Å². The number of aliphatic carboxylic acids is 1. The molecule has 0 saturated carbocycles. The molecule has 0 aliphatic heterocycles. The summed E-state index contributed by atoms with van der Waals surface area (Å²) < 4.78 is 5.95. The van der Waals surface area contributed by atoms with Crippen LogP contribution >= 0.6 is 12.6 Å². The molecule has 112 valence electrons. The molecular formula is C17H14O4S. The van der Waals surface area contributed by atoms with Gasteiger partial charge in [-0.3, -0.25) is 9.59 Å². The Morgan fingerprint density at radius 3 is 2.59 bits per heavy atom. The predicted molar refractivity (Wildman–Crippen MR) is 88.8 cm³/mol. The van der Waals surface area contributed by atoms with Crippen molar-refractivity contribution in [2.75, 3.05) is 0 Å². The molecule has 0 atom stereocenters. The minimum Gasteiger partial charge on any atom is -0.481 e. The maximum Gasteiger partial charge on any atom is 0.307 e. The number of thiol groups is 1. The summed E-state index contributed by atoms with van der Waals surface area (Å²) in [4.78, 5) is 23.7. The van der Waals surface area contributed by atoms with E-state index in [4.69, 9.17) is 9.52 Å². The maximum atomic E-state index is 12.7.